The number of nitrogens with zero attached hydrogens (tertiary/aromatic N) is 4. The first-order chi connectivity index (χ1) is 12.7. The standard InChI is InChI=1S/C22H18N4/c1-15-11-12-25-19(13-15)24-20(17-8-4-3-5-9-17)22(25)26-21-16(2)7-6-10-18(21)14-23-26/h3-14H,1-2H3. The monoisotopic (exact) mass is 338 g/mol. The molecule has 3 heterocycles. The van der Waals surface area contributed by atoms with Gasteiger partial charge in [-0.3, -0.25) is 4.40 Å². The molecule has 0 radical (unpaired) electrons. The number of aromatic nitrogens is 4. The maximum Gasteiger partial charge on any atom is 0.167 e. The lowest BCUT2D eigenvalue weighted by Crippen LogP contribution is -2.03. The third kappa shape index (κ3) is 2.15. The van der Waals surface area contributed by atoms with Crippen LogP contribution in [0.3, 0.4) is 0 Å². The average Bonchev–Trinajstić information content (AvgIpc) is 3.24. The van der Waals surface area contributed by atoms with Gasteiger partial charge >= 0.3 is 0 Å². The second kappa shape index (κ2) is 5.56. The number of hydrogen-bond donors (Lipinski definition) is 0. The molecule has 0 aliphatic rings. The van der Waals surface area contributed by atoms with Crippen LogP contribution in [0.1, 0.15) is 11.1 Å². The summed E-state index contributed by atoms with van der Waals surface area (Å²) >= 11 is 0. The molecular weight excluding hydrogens is 320 g/mol. The van der Waals surface area contributed by atoms with Gasteiger partial charge in [0.2, 0.25) is 0 Å². The Kier molecular flexibility index (Phi) is 3.19. The number of fused-ring (bicyclic) bond motifs is 2. The number of imidazole rings is 1. The predicted octanol–water partition coefficient (Wildman–Crippen LogP) is 4.96. The highest BCUT2D eigenvalue weighted by Gasteiger charge is 2.19. The summed E-state index contributed by atoms with van der Waals surface area (Å²) in [6.07, 6.45) is 4.00. The largest absolute Gasteiger partial charge is 0.284 e. The fourth-order valence-electron chi connectivity index (χ4n) is 3.54. The Balaban J connectivity index is 1.92. The van der Waals surface area contributed by atoms with E-state index in [4.69, 9.17) is 10.1 Å². The molecule has 0 fully saturated rings. The summed E-state index contributed by atoms with van der Waals surface area (Å²) in [4.78, 5) is 4.94. The van der Waals surface area contributed by atoms with Crippen LogP contribution in [-0.2, 0) is 0 Å². The van der Waals surface area contributed by atoms with Gasteiger partial charge in [0.05, 0.1) is 11.7 Å². The quantitative estimate of drug-likeness (QED) is 0.456. The van der Waals surface area contributed by atoms with Gasteiger partial charge < -0.3 is 0 Å². The fourth-order valence-corrected chi connectivity index (χ4v) is 3.54. The lowest BCUT2D eigenvalue weighted by molar-refractivity contribution is 0.861. The highest BCUT2D eigenvalue weighted by atomic mass is 15.3. The van der Waals surface area contributed by atoms with Crippen molar-refractivity contribution in [1.29, 1.82) is 0 Å². The molecular formula is C22H18N4. The highest BCUT2D eigenvalue weighted by Crippen LogP contribution is 2.30. The van der Waals surface area contributed by atoms with E-state index in [9.17, 15) is 0 Å². The van der Waals surface area contributed by atoms with Gasteiger partial charge in [0.1, 0.15) is 11.3 Å². The Morgan fingerprint density at radius 2 is 1.73 bits per heavy atom. The molecule has 126 valence electrons. The number of hydrogen-bond acceptors (Lipinski definition) is 2. The van der Waals surface area contributed by atoms with Gasteiger partial charge in [0, 0.05) is 17.1 Å². The summed E-state index contributed by atoms with van der Waals surface area (Å²) in [7, 11) is 0. The van der Waals surface area contributed by atoms with E-state index in [1.54, 1.807) is 0 Å². The van der Waals surface area contributed by atoms with E-state index in [2.05, 4.69) is 66.9 Å². The van der Waals surface area contributed by atoms with Gasteiger partial charge in [0.15, 0.2) is 5.82 Å². The van der Waals surface area contributed by atoms with Gasteiger partial charge in [-0.15, -0.1) is 0 Å². The third-order valence-corrected chi connectivity index (χ3v) is 4.80. The molecule has 0 atom stereocenters. The third-order valence-electron chi connectivity index (χ3n) is 4.80. The van der Waals surface area contributed by atoms with Crippen LogP contribution in [0.5, 0.6) is 0 Å². The van der Waals surface area contributed by atoms with Crippen molar-refractivity contribution in [3.05, 3.63) is 84.2 Å². The summed E-state index contributed by atoms with van der Waals surface area (Å²) in [6, 6.07) is 20.8. The summed E-state index contributed by atoms with van der Waals surface area (Å²) in [5.74, 6) is 0.968. The van der Waals surface area contributed by atoms with E-state index in [0.29, 0.717) is 0 Å². The van der Waals surface area contributed by atoms with Crippen LogP contribution in [0.25, 0.3) is 33.6 Å². The van der Waals surface area contributed by atoms with Crippen LogP contribution < -0.4 is 0 Å². The van der Waals surface area contributed by atoms with Crippen molar-refractivity contribution in [3.63, 3.8) is 0 Å². The molecule has 2 aromatic carbocycles. The summed E-state index contributed by atoms with van der Waals surface area (Å²) in [5.41, 5.74) is 6.45. The van der Waals surface area contributed by atoms with Gasteiger partial charge in [0.25, 0.3) is 0 Å². The van der Waals surface area contributed by atoms with E-state index in [1.807, 2.05) is 29.1 Å². The maximum atomic E-state index is 4.94. The van der Waals surface area contributed by atoms with Crippen molar-refractivity contribution >= 4 is 16.6 Å². The first-order valence-corrected chi connectivity index (χ1v) is 8.70. The van der Waals surface area contributed by atoms with E-state index in [-0.39, 0.29) is 0 Å². The van der Waals surface area contributed by atoms with Crippen LogP contribution >= 0.6 is 0 Å². The SMILES string of the molecule is Cc1ccn2c(-n3ncc4cccc(C)c43)c(-c3ccccc3)nc2c1. The van der Waals surface area contributed by atoms with Crippen molar-refractivity contribution < 1.29 is 0 Å². The molecule has 5 aromatic rings. The zero-order chi connectivity index (χ0) is 17.7. The van der Waals surface area contributed by atoms with Gasteiger partial charge in [-0.25, -0.2) is 9.67 Å². The van der Waals surface area contributed by atoms with Crippen molar-refractivity contribution in [2.75, 3.05) is 0 Å². The van der Waals surface area contributed by atoms with Crippen molar-refractivity contribution in [1.82, 2.24) is 19.2 Å². The predicted molar refractivity (Wildman–Crippen MR) is 105 cm³/mol. The molecule has 5 rings (SSSR count). The molecule has 4 nitrogen and oxygen atoms in total. The zero-order valence-electron chi connectivity index (χ0n) is 14.7. The van der Waals surface area contributed by atoms with E-state index < -0.39 is 0 Å². The Bertz CT molecular complexity index is 1250. The Morgan fingerprint density at radius 1 is 0.885 bits per heavy atom. The fraction of sp³-hybridized carbons (Fsp3) is 0.0909. The van der Waals surface area contributed by atoms with Crippen molar-refractivity contribution in [2.45, 2.75) is 13.8 Å². The second-order valence-corrected chi connectivity index (χ2v) is 6.65. The Morgan fingerprint density at radius 3 is 2.58 bits per heavy atom. The van der Waals surface area contributed by atoms with E-state index in [0.717, 1.165) is 33.6 Å². The zero-order valence-corrected chi connectivity index (χ0v) is 14.7. The Hall–Kier alpha value is -3.40. The number of pyridine rings is 1. The van der Waals surface area contributed by atoms with E-state index in [1.165, 1.54) is 11.1 Å². The molecule has 0 N–H and O–H groups in total. The number of benzene rings is 2. The van der Waals surface area contributed by atoms with Crippen molar-refractivity contribution in [2.24, 2.45) is 0 Å². The topological polar surface area (TPSA) is 35.1 Å². The lowest BCUT2D eigenvalue weighted by Gasteiger charge is -2.09. The smallest absolute Gasteiger partial charge is 0.167 e. The summed E-state index contributed by atoms with van der Waals surface area (Å²) in [5, 5.41) is 5.84. The first kappa shape index (κ1) is 14.9. The second-order valence-electron chi connectivity index (χ2n) is 6.65. The average molecular weight is 338 g/mol. The van der Waals surface area contributed by atoms with Crippen LogP contribution in [-0.4, -0.2) is 19.2 Å². The molecule has 0 aliphatic heterocycles. The number of rotatable bonds is 2. The van der Waals surface area contributed by atoms with Crippen LogP contribution in [0, 0.1) is 13.8 Å². The lowest BCUT2D eigenvalue weighted by atomic mass is 10.1. The number of para-hydroxylation sites is 1. The van der Waals surface area contributed by atoms with Gasteiger partial charge in [-0.2, -0.15) is 5.10 Å². The molecule has 0 bridgehead atoms. The van der Waals surface area contributed by atoms with Crippen LogP contribution in [0.15, 0.2) is 73.1 Å². The molecule has 0 saturated carbocycles. The van der Waals surface area contributed by atoms with Crippen molar-refractivity contribution in [3.8, 4) is 17.1 Å². The minimum Gasteiger partial charge on any atom is -0.284 e. The first-order valence-electron chi connectivity index (χ1n) is 8.70. The summed E-state index contributed by atoms with van der Waals surface area (Å²) < 4.78 is 4.14. The van der Waals surface area contributed by atoms with Gasteiger partial charge in [-0.1, -0.05) is 48.5 Å². The normalized spacial score (nSPS) is 11.5. The molecule has 0 saturated heterocycles. The molecule has 4 heteroatoms. The molecule has 0 spiro atoms. The molecule has 3 aromatic heterocycles. The number of aryl methyl sites for hydroxylation is 2. The molecule has 26 heavy (non-hydrogen) atoms. The summed E-state index contributed by atoms with van der Waals surface area (Å²) in [6.45, 7) is 4.21. The van der Waals surface area contributed by atoms with Crippen LogP contribution in [0.4, 0.5) is 0 Å². The van der Waals surface area contributed by atoms with Crippen LogP contribution in [0.2, 0.25) is 0 Å². The highest BCUT2D eigenvalue weighted by molar-refractivity contribution is 5.85. The minimum atomic E-state index is 0.927. The maximum absolute atomic E-state index is 4.94. The minimum absolute atomic E-state index is 0.927. The van der Waals surface area contributed by atoms with E-state index >= 15 is 0 Å². The molecule has 0 amide bonds. The van der Waals surface area contributed by atoms with Gasteiger partial charge in [-0.05, 0) is 37.1 Å². The molecule has 0 unspecified atom stereocenters. The Labute approximate surface area is 151 Å². The molecule has 0 aliphatic carbocycles.